The zero-order valence-electron chi connectivity index (χ0n) is 11.3. The molecule has 1 N–H and O–H groups in total. The molecule has 0 unspecified atom stereocenters. The lowest BCUT2D eigenvalue weighted by molar-refractivity contribution is -0.385. The van der Waals surface area contributed by atoms with E-state index in [1.807, 2.05) is 12.1 Å². The summed E-state index contributed by atoms with van der Waals surface area (Å²) in [6.07, 6.45) is 1.69. The highest BCUT2D eigenvalue weighted by Gasteiger charge is 2.14. The van der Waals surface area contributed by atoms with Gasteiger partial charge in [-0.15, -0.1) is 0 Å². The normalized spacial score (nSPS) is 10.1. The largest absolute Gasteiger partial charge is 0.488 e. The van der Waals surface area contributed by atoms with E-state index in [0.717, 1.165) is 11.4 Å². The van der Waals surface area contributed by atoms with Crippen molar-refractivity contribution < 1.29 is 9.66 Å². The highest BCUT2D eigenvalue weighted by Crippen LogP contribution is 2.27. The van der Waals surface area contributed by atoms with Crippen molar-refractivity contribution in [2.45, 2.75) is 13.5 Å². The van der Waals surface area contributed by atoms with Crippen LogP contribution in [0.3, 0.4) is 0 Å². The first-order chi connectivity index (χ1) is 9.61. The average molecular weight is 273 g/mol. The Morgan fingerprint density at radius 3 is 2.90 bits per heavy atom. The Labute approximate surface area is 116 Å². The molecule has 0 fully saturated rings. The van der Waals surface area contributed by atoms with Gasteiger partial charge in [-0.3, -0.25) is 10.1 Å². The van der Waals surface area contributed by atoms with Crippen molar-refractivity contribution in [3.05, 3.63) is 57.8 Å². The van der Waals surface area contributed by atoms with E-state index < -0.39 is 4.92 Å². The van der Waals surface area contributed by atoms with E-state index in [4.69, 9.17) is 4.74 Å². The first-order valence-corrected chi connectivity index (χ1v) is 6.11. The molecule has 0 aliphatic rings. The van der Waals surface area contributed by atoms with Crippen molar-refractivity contribution in [2.75, 3.05) is 12.4 Å². The summed E-state index contributed by atoms with van der Waals surface area (Å²) < 4.78 is 5.65. The van der Waals surface area contributed by atoms with Crippen LogP contribution in [-0.4, -0.2) is 17.0 Å². The fourth-order valence-corrected chi connectivity index (χ4v) is 1.82. The van der Waals surface area contributed by atoms with Crippen LogP contribution in [0, 0.1) is 17.0 Å². The molecule has 1 aromatic carbocycles. The van der Waals surface area contributed by atoms with E-state index in [9.17, 15) is 10.1 Å². The lowest BCUT2D eigenvalue weighted by Crippen LogP contribution is -2.01. The Bertz CT molecular complexity index is 629. The SMILES string of the molecule is CNc1cc(COc2cccc([N+](=O)[O-])c2C)ccn1. The molecule has 2 rings (SSSR count). The van der Waals surface area contributed by atoms with Gasteiger partial charge in [-0.1, -0.05) is 6.07 Å². The maximum absolute atomic E-state index is 10.9. The topological polar surface area (TPSA) is 77.3 Å². The number of hydrogen-bond acceptors (Lipinski definition) is 5. The van der Waals surface area contributed by atoms with Crippen molar-refractivity contribution >= 4 is 11.5 Å². The zero-order valence-corrected chi connectivity index (χ0v) is 11.3. The second-order valence-electron chi connectivity index (χ2n) is 4.25. The van der Waals surface area contributed by atoms with E-state index in [1.165, 1.54) is 6.07 Å². The number of hydrogen-bond donors (Lipinski definition) is 1. The van der Waals surface area contributed by atoms with Crippen molar-refractivity contribution in [2.24, 2.45) is 0 Å². The molecule has 0 radical (unpaired) electrons. The summed E-state index contributed by atoms with van der Waals surface area (Å²) in [5.74, 6) is 1.27. The van der Waals surface area contributed by atoms with Gasteiger partial charge in [0.25, 0.3) is 5.69 Å². The van der Waals surface area contributed by atoms with Gasteiger partial charge in [-0.2, -0.15) is 0 Å². The minimum absolute atomic E-state index is 0.0631. The molecule has 0 atom stereocenters. The quantitative estimate of drug-likeness (QED) is 0.669. The third kappa shape index (κ3) is 3.03. The highest BCUT2D eigenvalue weighted by molar-refractivity contribution is 5.48. The molecule has 2 aromatic rings. The standard InChI is InChI=1S/C14H15N3O3/c1-10-12(17(18)19)4-3-5-13(10)20-9-11-6-7-16-14(8-11)15-2/h3-8H,9H2,1-2H3,(H,15,16). The third-order valence-electron chi connectivity index (χ3n) is 2.93. The van der Waals surface area contributed by atoms with Crippen LogP contribution in [0.4, 0.5) is 11.5 Å². The number of nitro benzene ring substituents is 1. The average Bonchev–Trinajstić information content (AvgIpc) is 2.46. The van der Waals surface area contributed by atoms with Crippen LogP contribution in [0.1, 0.15) is 11.1 Å². The van der Waals surface area contributed by atoms with Gasteiger partial charge in [-0.25, -0.2) is 4.98 Å². The number of aromatic nitrogens is 1. The summed E-state index contributed by atoms with van der Waals surface area (Å²) in [4.78, 5) is 14.6. The molecule has 6 nitrogen and oxygen atoms in total. The third-order valence-corrected chi connectivity index (χ3v) is 2.93. The molecule has 0 saturated heterocycles. The molecule has 0 bridgehead atoms. The van der Waals surface area contributed by atoms with Crippen molar-refractivity contribution in [1.82, 2.24) is 4.98 Å². The molecule has 0 amide bonds. The van der Waals surface area contributed by atoms with Crippen LogP contribution in [-0.2, 0) is 6.61 Å². The van der Waals surface area contributed by atoms with Crippen LogP contribution < -0.4 is 10.1 Å². The Morgan fingerprint density at radius 1 is 1.40 bits per heavy atom. The van der Waals surface area contributed by atoms with E-state index >= 15 is 0 Å². The van der Waals surface area contributed by atoms with Crippen molar-refractivity contribution in [3.63, 3.8) is 0 Å². The smallest absolute Gasteiger partial charge is 0.276 e. The van der Waals surface area contributed by atoms with Gasteiger partial charge in [-0.05, 0) is 30.7 Å². The zero-order chi connectivity index (χ0) is 14.5. The molecule has 0 spiro atoms. The maximum Gasteiger partial charge on any atom is 0.276 e. The predicted molar refractivity (Wildman–Crippen MR) is 75.9 cm³/mol. The number of rotatable bonds is 5. The monoisotopic (exact) mass is 273 g/mol. The molecule has 0 aliphatic carbocycles. The van der Waals surface area contributed by atoms with Gasteiger partial charge < -0.3 is 10.1 Å². The molecule has 1 aromatic heterocycles. The van der Waals surface area contributed by atoms with Crippen LogP contribution >= 0.6 is 0 Å². The van der Waals surface area contributed by atoms with Crippen LogP contribution in [0.15, 0.2) is 36.5 Å². The van der Waals surface area contributed by atoms with Crippen LogP contribution in [0.5, 0.6) is 5.75 Å². The van der Waals surface area contributed by atoms with E-state index in [2.05, 4.69) is 10.3 Å². The number of nitrogens with zero attached hydrogens (tertiary/aromatic N) is 2. The first-order valence-electron chi connectivity index (χ1n) is 6.11. The maximum atomic E-state index is 10.9. The summed E-state index contributed by atoms with van der Waals surface area (Å²) in [6.45, 7) is 2.01. The number of nitrogens with one attached hydrogen (secondary N) is 1. The number of ether oxygens (including phenoxy) is 1. The fraction of sp³-hybridized carbons (Fsp3) is 0.214. The number of anilines is 1. The van der Waals surface area contributed by atoms with Crippen molar-refractivity contribution in [1.29, 1.82) is 0 Å². The molecular formula is C14H15N3O3. The Morgan fingerprint density at radius 2 is 2.20 bits per heavy atom. The second-order valence-corrected chi connectivity index (χ2v) is 4.25. The predicted octanol–water partition coefficient (Wildman–Crippen LogP) is 2.92. The van der Waals surface area contributed by atoms with Crippen LogP contribution in [0.2, 0.25) is 0 Å². The Hall–Kier alpha value is -2.63. The minimum atomic E-state index is -0.409. The molecule has 1 heterocycles. The summed E-state index contributed by atoms with van der Waals surface area (Å²) in [7, 11) is 1.79. The molecule has 0 saturated carbocycles. The Kier molecular flexibility index (Phi) is 4.14. The lowest BCUT2D eigenvalue weighted by atomic mass is 10.2. The lowest BCUT2D eigenvalue weighted by Gasteiger charge is -2.09. The van der Waals surface area contributed by atoms with E-state index in [1.54, 1.807) is 32.3 Å². The summed E-state index contributed by atoms with van der Waals surface area (Å²) in [6, 6.07) is 8.52. The number of nitro groups is 1. The van der Waals surface area contributed by atoms with Crippen molar-refractivity contribution in [3.8, 4) is 5.75 Å². The van der Waals surface area contributed by atoms with E-state index in [-0.39, 0.29) is 5.69 Å². The molecule has 104 valence electrons. The summed E-state index contributed by atoms with van der Waals surface area (Å²) in [5, 5.41) is 13.8. The molecule has 0 aliphatic heterocycles. The van der Waals surface area contributed by atoms with Gasteiger partial charge in [0, 0.05) is 19.3 Å². The fourth-order valence-electron chi connectivity index (χ4n) is 1.82. The van der Waals surface area contributed by atoms with Crippen LogP contribution in [0.25, 0.3) is 0 Å². The number of benzene rings is 1. The first kappa shape index (κ1) is 13.8. The number of pyridine rings is 1. The van der Waals surface area contributed by atoms with Gasteiger partial charge in [0.15, 0.2) is 0 Å². The summed E-state index contributed by atoms with van der Waals surface area (Å²) in [5.41, 5.74) is 1.53. The minimum Gasteiger partial charge on any atom is -0.488 e. The molecular weight excluding hydrogens is 258 g/mol. The second kappa shape index (κ2) is 6.01. The van der Waals surface area contributed by atoms with Gasteiger partial charge >= 0.3 is 0 Å². The molecule has 20 heavy (non-hydrogen) atoms. The van der Waals surface area contributed by atoms with E-state index in [0.29, 0.717) is 17.9 Å². The van der Waals surface area contributed by atoms with Gasteiger partial charge in [0.05, 0.1) is 10.5 Å². The van der Waals surface area contributed by atoms with Gasteiger partial charge in [0.2, 0.25) is 0 Å². The highest BCUT2D eigenvalue weighted by atomic mass is 16.6. The molecule has 6 heteroatoms. The van der Waals surface area contributed by atoms with Gasteiger partial charge in [0.1, 0.15) is 18.2 Å². The summed E-state index contributed by atoms with van der Waals surface area (Å²) >= 11 is 0. The Balaban J connectivity index is 2.14.